The van der Waals surface area contributed by atoms with Gasteiger partial charge in [0.1, 0.15) is 5.75 Å². The second-order valence-corrected chi connectivity index (χ2v) is 11.1. The molecule has 3 aromatic rings. The van der Waals surface area contributed by atoms with Gasteiger partial charge in [-0.15, -0.1) is 0 Å². The summed E-state index contributed by atoms with van der Waals surface area (Å²) in [7, 11) is 0. The van der Waals surface area contributed by atoms with Crippen molar-refractivity contribution in [3.8, 4) is 5.75 Å². The van der Waals surface area contributed by atoms with E-state index in [0.29, 0.717) is 5.69 Å². The highest BCUT2D eigenvalue weighted by atomic mass is 79.9. The quantitative estimate of drug-likeness (QED) is 0.189. The van der Waals surface area contributed by atoms with Gasteiger partial charge in [-0.25, -0.2) is 4.90 Å². The first-order valence-corrected chi connectivity index (χ1v) is 12.1. The molecule has 164 valence electrons. The number of carbonyl (C=O) groups excluding carboxylic acids is 3. The Bertz CT molecular complexity index is 1260. The Kier molecular flexibility index (Phi) is 4.33. The van der Waals surface area contributed by atoms with Gasteiger partial charge >= 0.3 is 5.97 Å². The number of nitrogens with zero attached hydrogens (tertiary/aromatic N) is 1. The van der Waals surface area contributed by atoms with Crippen molar-refractivity contribution in [2.75, 3.05) is 4.90 Å². The molecule has 0 aromatic heterocycles. The summed E-state index contributed by atoms with van der Waals surface area (Å²) < 4.78 is 3.52. The van der Waals surface area contributed by atoms with Gasteiger partial charge in [0.2, 0.25) is 11.8 Å². The zero-order valence-corrected chi connectivity index (χ0v) is 20.6. The van der Waals surface area contributed by atoms with E-state index in [4.69, 9.17) is 4.74 Å². The van der Waals surface area contributed by atoms with Gasteiger partial charge in [0.25, 0.3) is 0 Å². The summed E-state index contributed by atoms with van der Waals surface area (Å²) in [6, 6.07) is 22.4. The minimum atomic E-state index is -0.838. The number of rotatable bonds is 2. The second-order valence-electron chi connectivity index (χ2n) is 8.57. The summed E-state index contributed by atoms with van der Waals surface area (Å²) in [4.78, 5) is 40.6. The van der Waals surface area contributed by atoms with Crippen LogP contribution in [0.3, 0.4) is 0 Å². The summed E-state index contributed by atoms with van der Waals surface area (Å²) in [5.74, 6) is -2.04. The third kappa shape index (κ3) is 2.49. The van der Waals surface area contributed by atoms with Crippen LogP contribution in [0.2, 0.25) is 0 Å². The predicted octanol–water partition coefficient (Wildman–Crippen LogP) is 5.02. The van der Waals surface area contributed by atoms with Crippen molar-refractivity contribution >= 4 is 55.3 Å². The Morgan fingerprint density at radius 2 is 1.24 bits per heavy atom. The van der Waals surface area contributed by atoms with Crippen LogP contribution < -0.4 is 9.64 Å². The molecule has 7 heteroatoms. The summed E-state index contributed by atoms with van der Waals surface area (Å²) in [6.07, 6.45) is 0. The highest BCUT2D eigenvalue weighted by Crippen LogP contribution is 2.70. The molecule has 3 aromatic carbocycles. The number of alkyl halides is 2. The van der Waals surface area contributed by atoms with Crippen LogP contribution >= 0.6 is 31.9 Å². The van der Waals surface area contributed by atoms with Crippen LogP contribution in [-0.2, 0) is 23.0 Å². The smallest absolute Gasteiger partial charge is 0.308 e. The standard InChI is InChI=1S/C26H17Br2NO4/c1-14(30)33-16-8-6-7-15(13-16)29-23(31)21-22(24(29)32)26(28)18-10-3-2-9-17(18)25(21,27)19-11-4-5-12-20(19)26/h2-13,21-22H,1H3/t21-,22-,25?,26?/m1/s1. The molecular formula is C26H17Br2NO4. The lowest BCUT2D eigenvalue weighted by Crippen LogP contribution is -2.56. The topological polar surface area (TPSA) is 63.7 Å². The lowest BCUT2D eigenvalue weighted by Gasteiger charge is -2.55. The van der Waals surface area contributed by atoms with Crippen LogP contribution in [0.4, 0.5) is 5.69 Å². The third-order valence-corrected chi connectivity index (χ3v) is 9.62. The van der Waals surface area contributed by atoms with Crippen molar-refractivity contribution in [2.45, 2.75) is 15.6 Å². The Labute approximate surface area is 207 Å². The lowest BCUT2D eigenvalue weighted by atomic mass is 9.54. The van der Waals surface area contributed by atoms with E-state index >= 15 is 0 Å². The van der Waals surface area contributed by atoms with Gasteiger partial charge in [0.05, 0.1) is 26.2 Å². The predicted molar refractivity (Wildman–Crippen MR) is 130 cm³/mol. The van der Waals surface area contributed by atoms with Crippen molar-refractivity contribution in [1.82, 2.24) is 0 Å². The van der Waals surface area contributed by atoms with E-state index in [0.717, 1.165) is 22.3 Å². The number of hydrogen-bond acceptors (Lipinski definition) is 4. The first kappa shape index (κ1) is 20.8. The zero-order valence-electron chi connectivity index (χ0n) is 17.4. The summed E-state index contributed by atoms with van der Waals surface area (Å²) in [5, 5.41) is 0. The maximum absolute atomic E-state index is 14.0. The molecule has 1 heterocycles. The highest BCUT2D eigenvalue weighted by Gasteiger charge is 2.72. The van der Waals surface area contributed by atoms with E-state index in [2.05, 4.69) is 31.9 Å². The minimum Gasteiger partial charge on any atom is -0.427 e. The molecule has 5 nitrogen and oxygen atoms in total. The van der Waals surface area contributed by atoms with Crippen molar-refractivity contribution in [2.24, 2.45) is 11.8 Å². The van der Waals surface area contributed by atoms with Gasteiger partial charge in [0, 0.05) is 13.0 Å². The van der Waals surface area contributed by atoms with Crippen molar-refractivity contribution < 1.29 is 19.1 Å². The lowest BCUT2D eigenvalue weighted by molar-refractivity contribution is -0.132. The number of amides is 2. The molecule has 4 aliphatic rings. The van der Waals surface area contributed by atoms with Crippen LogP contribution in [0, 0.1) is 11.8 Å². The van der Waals surface area contributed by atoms with Gasteiger partial charge in [-0.3, -0.25) is 14.4 Å². The molecule has 0 unspecified atom stereocenters. The largest absolute Gasteiger partial charge is 0.427 e. The summed E-state index contributed by atoms with van der Waals surface area (Å²) in [6.45, 7) is 1.31. The zero-order chi connectivity index (χ0) is 23.1. The number of benzene rings is 3. The molecule has 2 atom stereocenters. The molecule has 1 fully saturated rings. The molecule has 3 aliphatic carbocycles. The molecule has 0 N–H and O–H groups in total. The normalized spacial score (nSPS) is 28.9. The van der Waals surface area contributed by atoms with E-state index in [1.165, 1.54) is 11.8 Å². The van der Waals surface area contributed by atoms with Crippen LogP contribution in [0.15, 0.2) is 72.8 Å². The van der Waals surface area contributed by atoms with E-state index in [9.17, 15) is 14.4 Å². The Balaban J connectivity index is 1.58. The second kappa shape index (κ2) is 6.87. The van der Waals surface area contributed by atoms with Gasteiger partial charge in [-0.05, 0) is 34.4 Å². The monoisotopic (exact) mass is 565 g/mol. The van der Waals surface area contributed by atoms with Crippen molar-refractivity contribution in [1.29, 1.82) is 0 Å². The molecule has 7 rings (SSSR count). The fourth-order valence-corrected chi connectivity index (χ4v) is 8.08. The van der Waals surface area contributed by atoms with Crippen LogP contribution in [0.5, 0.6) is 5.75 Å². The first-order chi connectivity index (χ1) is 15.8. The Morgan fingerprint density at radius 1 is 0.788 bits per heavy atom. The van der Waals surface area contributed by atoms with Gasteiger partial charge in [-0.2, -0.15) is 0 Å². The van der Waals surface area contributed by atoms with Crippen molar-refractivity contribution in [3.63, 3.8) is 0 Å². The number of esters is 1. The SMILES string of the molecule is CC(=O)Oc1cccc(N2C(=O)[C@H]3[C@H](C2=O)C2(Br)c4ccccc4C3(Br)c3ccccc32)c1. The van der Waals surface area contributed by atoms with E-state index < -0.39 is 26.5 Å². The summed E-state index contributed by atoms with van der Waals surface area (Å²) >= 11 is 7.97. The van der Waals surface area contributed by atoms with E-state index in [-0.39, 0.29) is 17.6 Å². The fourth-order valence-electron chi connectivity index (χ4n) is 5.77. The highest BCUT2D eigenvalue weighted by molar-refractivity contribution is 9.10. The first-order valence-electron chi connectivity index (χ1n) is 10.5. The average molecular weight is 567 g/mol. The van der Waals surface area contributed by atoms with Crippen LogP contribution in [-0.4, -0.2) is 17.8 Å². The third-order valence-electron chi connectivity index (χ3n) is 6.92. The molecule has 33 heavy (non-hydrogen) atoms. The number of imide groups is 1. The number of carbonyl (C=O) groups is 3. The molecule has 2 bridgehead atoms. The average Bonchev–Trinajstić information content (AvgIpc) is 3.08. The molecule has 1 aliphatic heterocycles. The van der Waals surface area contributed by atoms with E-state index in [1.807, 2.05) is 48.5 Å². The van der Waals surface area contributed by atoms with Gasteiger partial charge < -0.3 is 4.74 Å². The van der Waals surface area contributed by atoms with Gasteiger partial charge in [0.15, 0.2) is 0 Å². The number of anilines is 1. The molecule has 0 saturated carbocycles. The molecule has 0 spiro atoms. The minimum absolute atomic E-state index is 0.283. The Morgan fingerprint density at radius 3 is 1.67 bits per heavy atom. The number of ether oxygens (including phenoxy) is 1. The molecule has 0 radical (unpaired) electrons. The Hall–Kier alpha value is -2.77. The van der Waals surface area contributed by atoms with Crippen LogP contribution in [0.25, 0.3) is 0 Å². The van der Waals surface area contributed by atoms with Gasteiger partial charge in [-0.1, -0.05) is 86.5 Å². The molecule has 2 amide bonds. The molecule has 1 saturated heterocycles. The molecular weight excluding hydrogens is 550 g/mol. The van der Waals surface area contributed by atoms with E-state index in [1.54, 1.807) is 24.3 Å². The fraction of sp³-hybridized carbons (Fsp3) is 0.192. The summed E-state index contributed by atoms with van der Waals surface area (Å²) in [5.41, 5.74) is 4.33. The van der Waals surface area contributed by atoms with Crippen LogP contribution in [0.1, 0.15) is 29.2 Å². The number of halogens is 2. The maximum Gasteiger partial charge on any atom is 0.308 e. The number of hydrogen-bond donors (Lipinski definition) is 0. The van der Waals surface area contributed by atoms with Crippen molar-refractivity contribution in [3.05, 3.63) is 95.1 Å². The maximum atomic E-state index is 14.0.